The normalized spacial score (nSPS) is 23.1. The topological polar surface area (TPSA) is 29.5 Å². The Labute approximate surface area is 85.7 Å². The van der Waals surface area contributed by atoms with E-state index >= 15 is 0 Å². The van der Waals surface area contributed by atoms with Crippen molar-refractivity contribution in [2.45, 2.75) is 32.2 Å². The molecule has 1 atom stereocenters. The number of esters is 1. The van der Waals surface area contributed by atoms with Crippen LogP contribution in [0.1, 0.15) is 26.2 Å². The number of methoxy groups -OCH3 is 1. The predicted molar refractivity (Wildman–Crippen MR) is 56.0 cm³/mol. The first kappa shape index (κ1) is 11.2. The van der Waals surface area contributed by atoms with Gasteiger partial charge >= 0.3 is 5.97 Å². The van der Waals surface area contributed by atoms with Gasteiger partial charge in [-0.2, -0.15) is 0 Å². The molecule has 0 saturated heterocycles. The van der Waals surface area contributed by atoms with E-state index in [1.807, 2.05) is 6.08 Å². The van der Waals surface area contributed by atoms with Crippen LogP contribution in [0.25, 0.3) is 0 Å². The van der Waals surface area contributed by atoms with Crippen molar-refractivity contribution in [3.05, 3.63) is 11.6 Å². The first-order valence-corrected chi connectivity index (χ1v) is 5.16. The van der Waals surface area contributed by atoms with Gasteiger partial charge < -0.3 is 4.74 Å². The molecule has 1 heterocycles. The summed E-state index contributed by atoms with van der Waals surface area (Å²) in [5.41, 5.74) is 0.794. The summed E-state index contributed by atoms with van der Waals surface area (Å²) >= 11 is 0. The van der Waals surface area contributed by atoms with Crippen molar-refractivity contribution in [1.82, 2.24) is 4.90 Å². The number of nitrogens with zero attached hydrogens (tertiary/aromatic N) is 1. The number of hydrogen-bond acceptors (Lipinski definition) is 3. The Morgan fingerprint density at radius 2 is 2.43 bits per heavy atom. The number of carbonyl (C=O) groups is 1. The van der Waals surface area contributed by atoms with Gasteiger partial charge in [0.05, 0.1) is 7.11 Å². The number of rotatable bonds is 3. The van der Waals surface area contributed by atoms with Crippen molar-refractivity contribution in [3.63, 3.8) is 0 Å². The monoisotopic (exact) mass is 197 g/mol. The van der Waals surface area contributed by atoms with Crippen molar-refractivity contribution in [1.29, 1.82) is 0 Å². The highest BCUT2D eigenvalue weighted by Crippen LogP contribution is 2.18. The SMILES string of the molecule is CCCC1CC=C(C(=O)OC)CN1C. The lowest BCUT2D eigenvalue weighted by molar-refractivity contribution is -0.136. The first-order chi connectivity index (χ1) is 6.69. The zero-order valence-corrected chi connectivity index (χ0v) is 9.25. The molecule has 1 rings (SSSR count). The molecule has 3 nitrogen and oxygen atoms in total. The van der Waals surface area contributed by atoms with Gasteiger partial charge in [-0.1, -0.05) is 19.4 Å². The standard InChI is InChI=1S/C11H19NO2/c1-4-5-10-7-6-9(8-12(10)2)11(13)14-3/h6,10H,4-5,7-8H2,1-3H3. The predicted octanol–water partition coefficient (Wildman–Crippen LogP) is 1.59. The molecule has 0 saturated carbocycles. The lowest BCUT2D eigenvalue weighted by Crippen LogP contribution is -2.37. The van der Waals surface area contributed by atoms with E-state index in [2.05, 4.69) is 18.9 Å². The molecule has 3 heteroatoms. The molecule has 0 aliphatic carbocycles. The molecule has 0 fully saturated rings. The van der Waals surface area contributed by atoms with Crippen molar-refractivity contribution in [2.75, 3.05) is 20.7 Å². The fourth-order valence-corrected chi connectivity index (χ4v) is 1.87. The summed E-state index contributed by atoms with van der Waals surface area (Å²) in [6, 6.07) is 0.591. The number of hydrogen-bond donors (Lipinski definition) is 0. The Bertz CT molecular complexity index is 235. The summed E-state index contributed by atoms with van der Waals surface area (Å²) < 4.78 is 4.70. The molecular weight excluding hydrogens is 178 g/mol. The second-order valence-corrected chi connectivity index (χ2v) is 3.81. The largest absolute Gasteiger partial charge is 0.466 e. The van der Waals surface area contributed by atoms with E-state index in [0.29, 0.717) is 6.04 Å². The lowest BCUT2D eigenvalue weighted by Gasteiger charge is -2.31. The van der Waals surface area contributed by atoms with Gasteiger partial charge in [-0.25, -0.2) is 4.79 Å². The van der Waals surface area contributed by atoms with Gasteiger partial charge in [0.2, 0.25) is 0 Å². The minimum absolute atomic E-state index is 0.188. The highest BCUT2D eigenvalue weighted by Gasteiger charge is 2.22. The van der Waals surface area contributed by atoms with Crippen molar-refractivity contribution >= 4 is 5.97 Å². The third-order valence-corrected chi connectivity index (χ3v) is 2.75. The first-order valence-electron chi connectivity index (χ1n) is 5.16. The van der Waals surface area contributed by atoms with E-state index in [4.69, 9.17) is 4.74 Å². The van der Waals surface area contributed by atoms with Crippen molar-refractivity contribution in [3.8, 4) is 0 Å². The van der Waals surface area contributed by atoms with Crippen LogP contribution in [0.4, 0.5) is 0 Å². The van der Waals surface area contributed by atoms with Crippen LogP contribution in [-0.2, 0) is 9.53 Å². The molecule has 0 aromatic heterocycles. The lowest BCUT2D eigenvalue weighted by atomic mass is 10.00. The van der Waals surface area contributed by atoms with Gasteiger partial charge in [-0.05, 0) is 19.9 Å². The molecule has 0 bridgehead atoms. The fourth-order valence-electron chi connectivity index (χ4n) is 1.87. The fraction of sp³-hybridized carbons (Fsp3) is 0.727. The van der Waals surface area contributed by atoms with Gasteiger partial charge in [0.1, 0.15) is 0 Å². The third kappa shape index (κ3) is 2.58. The molecule has 1 unspecified atom stereocenters. The highest BCUT2D eigenvalue weighted by molar-refractivity contribution is 5.88. The van der Waals surface area contributed by atoms with Gasteiger partial charge in [0, 0.05) is 18.2 Å². The summed E-state index contributed by atoms with van der Waals surface area (Å²) in [4.78, 5) is 13.5. The van der Waals surface area contributed by atoms with E-state index in [1.165, 1.54) is 20.0 Å². The number of ether oxygens (including phenoxy) is 1. The van der Waals surface area contributed by atoms with Crippen LogP contribution >= 0.6 is 0 Å². The number of likely N-dealkylation sites (N-methyl/N-ethyl adjacent to an activating group) is 1. The van der Waals surface area contributed by atoms with Gasteiger partial charge in [0.25, 0.3) is 0 Å². The maximum atomic E-state index is 11.3. The minimum atomic E-state index is -0.188. The molecule has 0 N–H and O–H groups in total. The van der Waals surface area contributed by atoms with Crippen LogP contribution in [0.5, 0.6) is 0 Å². The quantitative estimate of drug-likeness (QED) is 0.643. The smallest absolute Gasteiger partial charge is 0.334 e. The van der Waals surface area contributed by atoms with Crippen molar-refractivity contribution < 1.29 is 9.53 Å². The van der Waals surface area contributed by atoms with Gasteiger partial charge in [-0.3, -0.25) is 4.90 Å². The average Bonchev–Trinajstić information content (AvgIpc) is 2.20. The van der Waals surface area contributed by atoms with Gasteiger partial charge in [-0.15, -0.1) is 0 Å². The minimum Gasteiger partial charge on any atom is -0.466 e. The van der Waals surface area contributed by atoms with Crippen LogP contribution in [0.15, 0.2) is 11.6 Å². The third-order valence-electron chi connectivity index (χ3n) is 2.75. The van der Waals surface area contributed by atoms with Crippen LogP contribution in [0.2, 0.25) is 0 Å². The molecule has 0 spiro atoms. The summed E-state index contributed by atoms with van der Waals surface area (Å²) in [5, 5.41) is 0. The summed E-state index contributed by atoms with van der Waals surface area (Å²) in [6.07, 6.45) is 5.37. The molecular formula is C11H19NO2. The molecule has 0 aromatic carbocycles. The summed E-state index contributed by atoms with van der Waals surface area (Å²) in [7, 11) is 3.50. The van der Waals surface area contributed by atoms with Crippen LogP contribution in [0, 0.1) is 0 Å². The molecule has 0 amide bonds. The molecule has 1 aliphatic rings. The van der Waals surface area contributed by atoms with Crippen molar-refractivity contribution in [2.24, 2.45) is 0 Å². The van der Waals surface area contributed by atoms with E-state index < -0.39 is 0 Å². The average molecular weight is 197 g/mol. The Balaban J connectivity index is 2.58. The Hall–Kier alpha value is -0.830. The van der Waals surface area contributed by atoms with Crippen LogP contribution in [0.3, 0.4) is 0 Å². The second-order valence-electron chi connectivity index (χ2n) is 3.81. The summed E-state index contributed by atoms with van der Waals surface area (Å²) in [5.74, 6) is -0.188. The van der Waals surface area contributed by atoms with E-state index in [0.717, 1.165) is 18.5 Å². The number of carbonyl (C=O) groups excluding carboxylic acids is 1. The van der Waals surface area contributed by atoms with Gasteiger partial charge in [0.15, 0.2) is 0 Å². The molecule has 80 valence electrons. The Morgan fingerprint density at radius 1 is 1.71 bits per heavy atom. The van der Waals surface area contributed by atoms with E-state index in [-0.39, 0.29) is 5.97 Å². The molecule has 0 radical (unpaired) electrons. The molecule has 14 heavy (non-hydrogen) atoms. The van der Waals surface area contributed by atoms with E-state index in [1.54, 1.807) is 0 Å². The molecule has 1 aliphatic heterocycles. The maximum Gasteiger partial charge on any atom is 0.334 e. The zero-order chi connectivity index (χ0) is 10.6. The summed E-state index contributed by atoms with van der Waals surface area (Å²) in [6.45, 7) is 2.91. The zero-order valence-electron chi connectivity index (χ0n) is 9.25. The van der Waals surface area contributed by atoms with Crippen LogP contribution < -0.4 is 0 Å². The Kier molecular flexibility index (Phi) is 4.14. The Morgan fingerprint density at radius 3 is 2.93 bits per heavy atom. The molecule has 0 aromatic rings. The maximum absolute atomic E-state index is 11.3. The highest BCUT2D eigenvalue weighted by atomic mass is 16.5. The van der Waals surface area contributed by atoms with E-state index in [9.17, 15) is 4.79 Å². The second kappa shape index (κ2) is 5.15. The van der Waals surface area contributed by atoms with Crippen LogP contribution in [-0.4, -0.2) is 37.6 Å².